The summed E-state index contributed by atoms with van der Waals surface area (Å²) in [6.07, 6.45) is 2.33. The topological polar surface area (TPSA) is 65.3 Å². The summed E-state index contributed by atoms with van der Waals surface area (Å²) in [7, 11) is 0. The van der Waals surface area contributed by atoms with Crippen molar-refractivity contribution in [2.45, 2.75) is 13.3 Å². The van der Waals surface area contributed by atoms with Crippen molar-refractivity contribution in [3.8, 4) is 11.6 Å². The van der Waals surface area contributed by atoms with E-state index < -0.39 is 4.92 Å². The van der Waals surface area contributed by atoms with Gasteiger partial charge in [0.25, 0.3) is 5.88 Å². The molecule has 0 saturated carbocycles. The van der Waals surface area contributed by atoms with Crippen LogP contribution < -0.4 is 4.74 Å². The van der Waals surface area contributed by atoms with Crippen molar-refractivity contribution in [2.75, 3.05) is 0 Å². The second-order valence-electron chi connectivity index (χ2n) is 3.84. The minimum atomic E-state index is -0.517. The van der Waals surface area contributed by atoms with Crippen molar-refractivity contribution < 1.29 is 9.66 Å². The van der Waals surface area contributed by atoms with E-state index in [4.69, 9.17) is 4.74 Å². The Balaban J connectivity index is 2.34. The Kier molecular flexibility index (Phi) is 4.11. The summed E-state index contributed by atoms with van der Waals surface area (Å²) in [6, 6.07) is 8.77. The molecule has 0 bridgehead atoms. The first-order valence-electron chi connectivity index (χ1n) is 5.67. The Morgan fingerprint density at radius 2 is 2.21 bits per heavy atom. The molecular formula is C13H11BrN2O3. The first-order chi connectivity index (χ1) is 9.10. The van der Waals surface area contributed by atoms with E-state index in [1.807, 2.05) is 25.1 Å². The number of benzene rings is 1. The van der Waals surface area contributed by atoms with E-state index >= 15 is 0 Å². The van der Waals surface area contributed by atoms with Crippen molar-refractivity contribution in [2.24, 2.45) is 0 Å². The summed E-state index contributed by atoms with van der Waals surface area (Å²) < 4.78 is 6.03. The Bertz CT molecular complexity index is 617. The quantitative estimate of drug-likeness (QED) is 0.627. The highest BCUT2D eigenvalue weighted by molar-refractivity contribution is 9.10. The lowest BCUT2D eigenvalue weighted by atomic mass is 10.2. The van der Waals surface area contributed by atoms with E-state index in [-0.39, 0.29) is 11.6 Å². The molecule has 2 aromatic rings. The van der Waals surface area contributed by atoms with E-state index in [9.17, 15) is 10.1 Å². The minimum Gasteiger partial charge on any atom is -0.434 e. The number of rotatable bonds is 4. The number of nitrogens with zero attached hydrogens (tertiary/aromatic N) is 2. The molecule has 1 aromatic heterocycles. The molecule has 19 heavy (non-hydrogen) atoms. The minimum absolute atomic E-state index is 0.0125. The number of pyridine rings is 1. The van der Waals surface area contributed by atoms with Crippen LogP contribution in [0.3, 0.4) is 0 Å². The number of aromatic nitrogens is 1. The van der Waals surface area contributed by atoms with Crippen LogP contribution in [0.4, 0.5) is 5.69 Å². The third-order valence-corrected chi connectivity index (χ3v) is 2.95. The van der Waals surface area contributed by atoms with Crippen LogP contribution >= 0.6 is 15.9 Å². The van der Waals surface area contributed by atoms with Gasteiger partial charge in [-0.05, 0) is 40.0 Å². The highest BCUT2D eigenvalue weighted by Crippen LogP contribution is 2.31. The van der Waals surface area contributed by atoms with Gasteiger partial charge < -0.3 is 4.74 Å². The Hall–Kier alpha value is -1.95. The Morgan fingerprint density at radius 1 is 1.42 bits per heavy atom. The molecule has 0 N–H and O–H groups in total. The van der Waals surface area contributed by atoms with Gasteiger partial charge >= 0.3 is 5.69 Å². The molecule has 98 valence electrons. The maximum Gasteiger partial charge on any atom is 0.332 e. The number of aryl methyl sites for hydroxylation is 1. The van der Waals surface area contributed by atoms with Crippen LogP contribution in [0.15, 0.2) is 41.0 Å². The SMILES string of the molecule is CCc1cccc(Oc2ncc(Br)cc2[N+](=O)[O-])c1. The van der Waals surface area contributed by atoms with Crippen LogP contribution in [0, 0.1) is 10.1 Å². The molecule has 0 aliphatic heterocycles. The number of nitro groups is 1. The molecule has 0 fully saturated rings. The predicted octanol–water partition coefficient (Wildman–Crippen LogP) is 4.11. The lowest BCUT2D eigenvalue weighted by Gasteiger charge is -2.06. The van der Waals surface area contributed by atoms with Gasteiger partial charge in [0.1, 0.15) is 5.75 Å². The molecule has 1 heterocycles. The summed E-state index contributed by atoms with van der Waals surface area (Å²) in [5.41, 5.74) is 0.925. The first-order valence-corrected chi connectivity index (χ1v) is 6.46. The van der Waals surface area contributed by atoms with Gasteiger partial charge in [-0.25, -0.2) is 4.98 Å². The van der Waals surface area contributed by atoms with Crippen molar-refractivity contribution in [3.05, 3.63) is 56.7 Å². The van der Waals surface area contributed by atoms with Gasteiger partial charge in [0.2, 0.25) is 0 Å². The zero-order valence-corrected chi connectivity index (χ0v) is 11.8. The summed E-state index contributed by atoms with van der Waals surface area (Å²) in [5.74, 6) is 0.527. The molecule has 0 atom stereocenters. The van der Waals surface area contributed by atoms with Gasteiger partial charge in [-0.15, -0.1) is 0 Å². The summed E-state index contributed by atoms with van der Waals surface area (Å²) in [6.45, 7) is 2.03. The Morgan fingerprint density at radius 3 is 2.89 bits per heavy atom. The smallest absolute Gasteiger partial charge is 0.332 e. The van der Waals surface area contributed by atoms with Gasteiger partial charge in [-0.3, -0.25) is 10.1 Å². The van der Waals surface area contributed by atoms with Crippen molar-refractivity contribution in [3.63, 3.8) is 0 Å². The van der Waals surface area contributed by atoms with Crippen LogP contribution in [0.25, 0.3) is 0 Å². The number of halogens is 1. The fourth-order valence-electron chi connectivity index (χ4n) is 1.57. The summed E-state index contributed by atoms with van der Waals surface area (Å²) in [4.78, 5) is 14.4. The van der Waals surface area contributed by atoms with Crippen molar-refractivity contribution in [1.82, 2.24) is 4.98 Å². The average Bonchev–Trinajstić information content (AvgIpc) is 2.41. The zero-order valence-electron chi connectivity index (χ0n) is 10.2. The van der Waals surface area contributed by atoms with Crippen LogP contribution in [0.2, 0.25) is 0 Å². The van der Waals surface area contributed by atoms with Crippen LogP contribution in [0.1, 0.15) is 12.5 Å². The van der Waals surface area contributed by atoms with Gasteiger partial charge in [0.15, 0.2) is 0 Å². The van der Waals surface area contributed by atoms with E-state index in [0.29, 0.717) is 10.2 Å². The molecule has 1 aromatic carbocycles. The normalized spacial score (nSPS) is 10.2. The van der Waals surface area contributed by atoms with Crippen molar-refractivity contribution >= 4 is 21.6 Å². The van der Waals surface area contributed by atoms with E-state index in [1.165, 1.54) is 12.3 Å². The second-order valence-corrected chi connectivity index (χ2v) is 4.75. The maximum absolute atomic E-state index is 11.0. The molecule has 6 heteroatoms. The lowest BCUT2D eigenvalue weighted by Crippen LogP contribution is -1.96. The van der Waals surface area contributed by atoms with Crippen LogP contribution in [0.5, 0.6) is 11.6 Å². The molecule has 0 amide bonds. The van der Waals surface area contributed by atoms with E-state index in [2.05, 4.69) is 20.9 Å². The molecule has 0 radical (unpaired) electrons. The van der Waals surface area contributed by atoms with Gasteiger partial charge in [-0.2, -0.15) is 0 Å². The van der Waals surface area contributed by atoms with Crippen LogP contribution in [-0.2, 0) is 6.42 Å². The highest BCUT2D eigenvalue weighted by Gasteiger charge is 2.18. The fraction of sp³-hybridized carbons (Fsp3) is 0.154. The molecular weight excluding hydrogens is 312 g/mol. The van der Waals surface area contributed by atoms with Gasteiger partial charge in [0, 0.05) is 16.7 Å². The van der Waals surface area contributed by atoms with E-state index in [0.717, 1.165) is 12.0 Å². The Labute approximate surface area is 118 Å². The lowest BCUT2D eigenvalue weighted by molar-refractivity contribution is -0.386. The molecule has 0 unspecified atom stereocenters. The first kappa shape index (κ1) is 13.5. The summed E-state index contributed by atoms with van der Waals surface area (Å²) in [5, 5.41) is 11.0. The number of ether oxygens (including phenoxy) is 1. The molecule has 5 nitrogen and oxygen atoms in total. The number of hydrogen-bond donors (Lipinski definition) is 0. The van der Waals surface area contributed by atoms with Crippen LogP contribution in [-0.4, -0.2) is 9.91 Å². The average molecular weight is 323 g/mol. The number of hydrogen-bond acceptors (Lipinski definition) is 4. The molecule has 0 saturated heterocycles. The predicted molar refractivity (Wildman–Crippen MR) is 74.5 cm³/mol. The molecule has 0 aliphatic carbocycles. The highest BCUT2D eigenvalue weighted by atomic mass is 79.9. The van der Waals surface area contributed by atoms with Gasteiger partial charge in [-0.1, -0.05) is 19.1 Å². The second kappa shape index (κ2) is 5.79. The van der Waals surface area contributed by atoms with Gasteiger partial charge in [0.05, 0.1) is 4.92 Å². The summed E-state index contributed by atoms with van der Waals surface area (Å²) >= 11 is 3.15. The molecule has 2 rings (SSSR count). The fourth-order valence-corrected chi connectivity index (χ4v) is 1.89. The third-order valence-electron chi connectivity index (χ3n) is 2.52. The zero-order chi connectivity index (χ0) is 13.8. The maximum atomic E-state index is 11.0. The standard InChI is InChI=1S/C13H11BrN2O3/c1-2-9-4-3-5-11(6-9)19-13-12(16(17)18)7-10(14)8-15-13/h3-8H,2H2,1H3. The van der Waals surface area contributed by atoms with E-state index in [1.54, 1.807) is 6.07 Å². The van der Waals surface area contributed by atoms with Crippen molar-refractivity contribution in [1.29, 1.82) is 0 Å². The third kappa shape index (κ3) is 3.29. The molecule has 0 spiro atoms. The molecule has 0 aliphatic rings. The largest absolute Gasteiger partial charge is 0.434 e. The monoisotopic (exact) mass is 322 g/mol.